The van der Waals surface area contributed by atoms with Crippen LogP contribution in [0.5, 0.6) is 0 Å². The fourth-order valence-electron chi connectivity index (χ4n) is 3.82. The standard InChI is InChI=1S/C16H32N2O/c1-4-17-14-9-7-5-6-8-10-15(14)18-11-12-19-13-16(18,2)3/h14-15,17H,4-13H2,1-3H3. The van der Waals surface area contributed by atoms with Crippen molar-refractivity contribution in [2.45, 2.75) is 76.9 Å². The summed E-state index contributed by atoms with van der Waals surface area (Å²) in [5.74, 6) is 0. The molecule has 0 amide bonds. The van der Waals surface area contributed by atoms with E-state index in [9.17, 15) is 0 Å². The van der Waals surface area contributed by atoms with Crippen LogP contribution < -0.4 is 5.32 Å². The molecule has 2 rings (SSSR count). The second kappa shape index (κ2) is 7.05. The van der Waals surface area contributed by atoms with Gasteiger partial charge in [-0.15, -0.1) is 0 Å². The van der Waals surface area contributed by atoms with Crippen molar-refractivity contribution < 1.29 is 4.74 Å². The topological polar surface area (TPSA) is 24.5 Å². The maximum absolute atomic E-state index is 5.69. The Morgan fingerprint density at radius 3 is 2.58 bits per heavy atom. The lowest BCUT2D eigenvalue weighted by molar-refractivity contribution is -0.0817. The molecular weight excluding hydrogens is 236 g/mol. The van der Waals surface area contributed by atoms with E-state index in [4.69, 9.17) is 4.74 Å². The summed E-state index contributed by atoms with van der Waals surface area (Å²) in [4.78, 5) is 2.73. The van der Waals surface area contributed by atoms with Crippen molar-refractivity contribution in [3.05, 3.63) is 0 Å². The van der Waals surface area contributed by atoms with Crippen molar-refractivity contribution in [1.82, 2.24) is 10.2 Å². The van der Waals surface area contributed by atoms with Gasteiger partial charge >= 0.3 is 0 Å². The van der Waals surface area contributed by atoms with Crippen LogP contribution in [0.15, 0.2) is 0 Å². The summed E-state index contributed by atoms with van der Waals surface area (Å²) < 4.78 is 5.69. The lowest BCUT2D eigenvalue weighted by Crippen LogP contribution is -2.62. The summed E-state index contributed by atoms with van der Waals surface area (Å²) in [7, 11) is 0. The van der Waals surface area contributed by atoms with Gasteiger partial charge in [-0.25, -0.2) is 0 Å². The molecule has 0 bridgehead atoms. The predicted molar refractivity (Wildman–Crippen MR) is 80.6 cm³/mol. The predicted octanol–water partition coefficient (Wildman–Crippen LogP) is 2.80. The molecule has 112 valence electrons. The van der Waals surface area contributed by atoms with Crippen LogP contribution >= 0.6 is 0 Å². The van der Waals surface area contributed by atoms with Crippen molar-refractivity contribution in [1.29, 1.82) is 0 Å². The SMILES string of the molecule is CCNC1CCCCCCC1N1CCOCC1(C)C. The monoisotopic (exact) mass is 268 g/mol. The molecule has 1 N–H and O–H groups in total. The van der Waals surface area contributed by atoms with Crippen molar-refractivity contribution in [3.63, 3.8) is 0 Å². The van der Waals surface area contributed by atoms with E-state index in [0.717, 1.165) is 26.3 Å². The van der Waals surface area contributed by atoms with Gasteiger partial charge in [0, 0.05) is 24.2 Å². The van der Waals surface area contributed by atoms with Crippen molar-refractivity contribution in [3.8, 4) is 0 Å². The zero-order valence-electron chi connectivity index (χ0n) is 13.1. The molecule has 1 aliphatic heterocycles. The molecule has 1 heterocycles. The van der Waals surface area contributed by atoms with Crippen LogP contribution in [-0.2, 0) is 4.74 Å². The minimum atomic E-state index is 0.190. The molecule has 1 saturated carbocycles. The van der Waals surface area contributed by atoms with Crippen LogP contribution in [0.25, 0.3) is 0 Å². The van der Waals surface area contributed by atoms with E-state index in [2.05, 4.69) is 31.0 Å². The highest BCUT2D eigenvalue weighted by Crippen LogP contribution is 2.29. The molecule has 0 aromatic heterocycles. The smallest absolute Gasteiger partial charge is 0.0645 e. The molecule has 3 heteroatoms. The van der Waals surface area contributed by atoms with E-state index in [1.165, 1.54) is 38.5 Å². The Morgan fingerprint density at radius 1 is 1.16 bits per heavy atom. The summed E-state index contributed by atoms with van der Waals surface area (Å²) in [6.07, 6.45) is 8.30. The van der Waals surface area contributed by atoms with E-state index in [1.54, 1.807) is 0 Å². The Hall–Kier alpha value is -0.120. The largest absolute Gasteiger partial charge is 0.378 e. The van der Waals surface area contributed by atoms with E-state index in [-0.39, 0.29) is 5.54 Å². The van der Waals surface area contributed by atoms with E-state index in [1.807, 2.05) is 0 Å². The van der Waals surface area contributed by atoms with E-state index in [0.29, 0.717) is 12.1 Å². The molecule has 0 spiro atoms. The molecule has 0 radical (unpaired) electrons. The van der Waals surface area contributed by atoms with Crippen LogP contribution in [0, 0.1) is 0 Å². The maximum atomic E-state index is 5.69. The number of hydrogen-bond acceptors (Lipinski definition) is 3. The van der Waals surface area contributed by atoms with Crippen molar-refractivity contribution in [2.24, 2.45) is 0 Å². The highest BCUT2D eigenvalue weighted by molar-refractivity contribution is 4.94. The molecule has 1 saturated heterocycles. The number of nitrogens with zero attached hydrogens (tertiary/aromatic N) is 1. The Kier molecular flexibility index (Phi) is 5.67. The van der Waals surface area contributed by atoms with Gasteiger partial charge in [0.25, 0.3) is 0 Å². The summed E-state index contributed by atoms with van der Waals surface area (Å²) >= 11 is 0. The minimum absolute atomic E-state index is 0.190. The quantitative estimate of drug-likeness (QED) is 0.852. The highest BCUT2D eigenvalue weighted by Gasteiger charge is 2.38. The number of hydrogen-bond donors (Lipinski definition) is 1. The van der Waals surface area contributed by atoms with E-state index >= 15 is 0 Å². The molecule has 2 fully saturated rings. The number of ether oxygens (including phenoxy) is 1. The van der Waals surface area contributed by atoms with Crippen LogP contribution in [0.1, 0.15) is 59.3 Å². The van der Waals surface area contributed by atoms with Gasteiger partial charge in [0.15, 0.2) is 0 Å². The van der Waals surface area contributed by atoms with Crippen molar-refractivity contribution >= 4 is 0 Å². The third-order valence-electron chi connectivity index (χ3n) is 4.81. The molecule has 2 atom stereocenters. The normalized spacial score (nSPS) is 33.6. The number of morpholine rings is 1. The average molecular weight is 268 g/mol. The molecule has 0 aromatic rings. The first-order valence-electron chi connectivity index (χ1n) is 8.23. The zero-order valence-corrected chi connectivity index (χ0v) is 13.1. The summed E-state index contributed by atoms with van der Waals surface area (Å²) in [5, 5.41) is 3.75. The lowest BCUT2D eigenvalue weighted by Gasteiger charge is -2.49. The first-order chi connectivity index (χ1) is 9.15. The Morgan fingerprint density at radius 2 is 1.89 bits per heavy atom. The van der Waals surface area contributed by atoms with Gasteiger partial charge in [-0.3, -0.25) is 4.90 Å². The average Bonchev–Trinajstić information content (AvgIpc) is 2.34. The first kappa shape index (κ1) is 15.3. The Bertz CT molecular complexity index is 267. The zero-order chi connectivity index (χ0) is 13.7. The van der Waals surface area contributed by atoms with Crippen LogP contribution in [0.4, 0.5) is 0 Å². The summed E-state index contributed by atoms with van der Waals surface area (Å²) in [6.45, 7) is 10.9. The fraction of sp³-hybridized carbons (Fsp3) is 1.00. The third-order valence-corrected chi connectivity index (χ3v) is 4.81. The molecule has 2 aliphatic rings. The number of likely N-dealkylation sites (N-methyl/N-ethyl adjacent to an activating group) is 1. The molecule has 0 aromatic carbocycles. The van der Waals surface area contributed by atoms with Gasteiger partial charge in [0.1, 0.15) is 0 Å². The molecule has 2 unspecified atom stereocenters. The van der Waals surface area contributed by atoms with Gasteiger partial charge in [0.2, 0.25) is 0 Å². The molecule has 3 nitrogen and oxygen atoms in total. The van der Waals surface area contributed by atoms with Gasteiger partial charge in [-0.2, -0.15) is 0 Å². The molecular formula is C16H32N2O. The Balaban J connectivity index is 2.10. The van der Waals surface area contributed by atoms with Gasteiger partial charge < -0.3 is 10.1 Å². The molecule has 1 aliphatic carbocycles. The summed E-state index contributed by atoms with van der Waals surface area (Å²) in [5.41, 5.74) is 0.190. The molecule has 19 heavy (non-hydrogen) atoms. The van der Waals surface area contributed by atoms with Gasteiger partial charge in [0.05, 0.1) is 13.2 Å². The van der Waals surface area contributed by atoms with Gasteiger partial charge in [-0.05, 0) is 33.2 Å². The first-order valence-corrected chi connectivity index (χ1v) is 8.23. The third kappa shape index (κ3) is 3.93. The van der Waals surface area contributed by atoms with Crippen LogP contribution in [0.2, 0.25) is 0 Å². The Labute approximate surface area is 119 Å². The number of nitrogens with one attached hydrogen (secondary N) is 1. The number of rotatable bonds is 3. The van der Waals surface area contributed by atoms with Gasteiger partial charge in [-0.1, -0.05) is 32.6 Å². The van der Waals surface area contributed by atoms with Crippen LogP contribution in [0.3, 0.4) is 0 Å². The summed E-state index contributed by atoms with van der Waals surface area (Å²) in [6, 6.07) is 1.36. The van der Waals surface area contributed by atoms with Crippen LogP contribution in [-0.4, -0.2) is 48.8 Å². The van der Waals surface area contributed by atoms with E-state index < -0.39 is 0 Å². The second-order valence-electron chi connectivity index (χ2n) is 6.78. The highest BCUT2D eigenvalue weighted by atomic mass is 16.5. The second-order valence-corrected chi connectivity index (χ2v) is 6.78. The fourth-order valence-corrected chi connectivity index (χ4v) is 3.82. The lowest BCUT2D eigenvalue weighted by atomic mass is 9.87. The van der Waals surface area contributed by atoms with Crippen molar-refractivity contribution in [2.75, 3.05) is 26.3 Å². The maximum Gasteiger partial charge on any atom is 0.0645 e. The minimum Gasteiger partial charge on any atom is -0.378 e.